The lowest BCUT2D eigenvalue weighted by Crippen LogP contribution is -2.47. The van der Waals surface area contributed by atoms with Gasteiger partial charge >= 0.3 is 6.09 Å². The molecule has 1 aliphatic heterocycles. The highest BCUT2D eigenvalue weighted by Gasteiger charge is 2.34. The third-order valence-electron chi connectivity index (χ3n) is 8.18. The van der Waals surface area contributed by atoms with E-state index in [1.165, 1.54) is 34.8 Å². The van der Waals surface area contributed by atoms with E-state index in [0.29, 0.717) is 66.4 Å². The lowest BCUT2D eigenvalue weighted by Gasteiger charge is -2.38. The molecule has 0 unspecified atom stereocenters. The van der Waals surface area contributed by atoms with Gasteiger partial charge in [-0.15, -0.1) is 0 Å². The lowest BCUT2D eigenvalue weighted by molar-refractivity contribution is -0.0366. The molecule has 0 spiro atoms. The number of hydrogen-bond acceptors (Lipinski definition) is 10. The maximum atomic E-state index is 14.9. The molecule has 1 saturated heterocycles. The number of aromatic nitrogens is 6. The first kappa shape index (κ1) is 32.4. The largest absolute Gasteiger partial charge is 0.444 e. The van der Waals surface area contributed by atoms with Gasteiger partial charge in [-0.2, -0.15) is 9.47 Å². The Kier molecular flexibility index (Phi) is 8.92. The van der Waals surface area contributed by atoms with Gasteiger partial charge in [-0.05, 0) is 56.8 Å². The van der Waals surface area contributed by atoms with Gasteiger partial charge in [0.15, 0.2) is 5.52 Å². The van der Waals surface area contributed by atoms with Crippen LogP contribution in [0.4, 0.5) is 9.18 Å². The van der Waals surface area contributed by atoms with Crippen molar-refractivity contribution in [2.45, 2.75) is 64.4 Å². The molecule has 0 radical (unpaired) electrons. The smallest absolute Gasteiger partial charge is 0.407 e. The molecular formula is C33H37FN8O4S. The van der Waals surface area contributed by atoms with Crippen LogP contribution in [0.25, 0.3) is 32.9 Å². The highest BCUT2D eigenvalue weighted by atomic mass is 32.1. The summed E-state index contributed by atoms with van der Waals surface area (Å²) < 4.78 is 27.2. The topological polar surface area (TPSA) is 140 Å². The molecule has 0 atom stereocenters. The summed E-state index contributed by atoms with van der Waals surface area (Å²) >= 11 is 1.22. The van der Waals surface area contributed by atoms with Crippen LogP contribution in [0.15, 0.2) is 59.9 Å². The minimum Gasteiger partial charge on any atom is -0.444 e. The second-order valence-corrected chi connectivity index (χ2v) is 13.7. The van der Waals surface area contributed by atoms with Crippen LogP contribution in [-0.2, 0) is 31.4 Å². The van der Waals surface area contributed by atoms with Crippen molar-refractivity contribution in [2.75, 3.05) is 13.1 Å². The molecule has 47 heavy (non-hydrogen) atoms. The number of nitrogens with zero attached hydrogens (tertiary/aromatic N) is 7. The monoisotopic (exact) mass is 660 g/mol. The van der Waals surface area contributed by atoms with E-state index in [9.17, 15) is 19.1 Å². The van der Waals surface area contributed by atoms with E-state index < -0.39 is 17.3 Å². The van der Waals surface area contributed by atoms with Crippen LogP contribution in [0.3, 0.4) is 0 Å². The van der Waals surface area contributed by atoms with Gasteiger partial charge in [-0.25, -0.2) is 19.2 Å². The first-order valence-corrected chi connectivity index (χ1v) is 16.1. The standard InChI is InChI=1S/C33H37FN8O4S/c1-32(2,3)46-31(44)35-16-21-5-7-22(8-6-21)28-26-27(39-40(28)4)30(43)42(20-37-26)18-33(45)11-13-41(14-12-33)17-24-10-9-23(15-25(24)34)29-36-19-38-47-29/h5-10,15,19-20,45H,11-14,16-18H2,1-4H3,(H,35,44). The summed E-state index contributed by atoms with van der Waals surface area (Å²) in [4.78, 5) is 36.4. The number of halogens is 1. The molecule has 14 heteroatoms. The van der Waals surface area contributed by atoms with Gasteiger partial charge in [-0.1, -0.05) is 36.4 Å². The number of piperidine rings is 1. The Balaban J connectivity index is 1.10. The first-order valence-electron chi connectivity index (χ1n) is 15.4. The summed E-state index contributed by atoms with van der Waals surface area (Å²) in [7, 11) is 1.76. The van der Waals surface area contributed by atoms with Crippen molar-refractivity contribution >= 4 is 28.7 Å². The van der Waals surface area contributed by atoms with Crippen LogP contribution in [0.5, 0.6) is 0 Å². The van der Waals surface area contributed by atoms with E-state index in [1.807, 2.05) is 51.1 Å². The van der Waals surface area contributed by atoms with Gasteiger partial charge < -0.3 is 15.2 Å². The molecule has 1 amide bonds. The summed E-state index contributed by atoms with van der Waals surface area (Å²) in [6, 6.07) is 12.7. The fourth-order valence-corrected chi connectivity index (χ4v) is 6.27. The highest BCUT2D eigenvalue weighted by molar-refractivity contribution is 7.09. The number of carbonyl (C=O) groups is 1. The minimum absolute atomic E-state index is 0.0821. The van der Waals surface area contributed by atoms with Crippen molar-refractivity contribution in [3.63, 3.8) is 0 Å². The van der Waals surface area contributed by atoms with E-state index in [4.69, 9.17) is 4.74 Å². The molecule has 4 heterocycles. The third kappa shape index (κ3) is 7.39. The number of likely N-dealkylation sites (tertiary alicyclic amines) is 1. The van der Waals surface area contributed by atoms with E-state index >= 15 is 0 Å². The number of aryl methyl sites for hydroxylation is 1. The fraction of sp³-hybridized carbons (Fsp3) is 0.394. The van der Waals surface area contributed by atoms with Crippen LogP contribution >= 0.6 is 11.5 Å². The Hall–Kier alpha value is -4.53. The second kappa shape index (κ2) is 12.9. The van der Waals surface area contributed by atoms with Gasteiger partial charge in [0.25, 0.3) is 5.56 Å². The zero-order valence-corrected chi connectivity index (χ0v) is 27.6. The molecular weight excluding hydrogens is 623 g/mol. The number of benzene rings is 2. The van der Waals surface area contributed by atoms with Gasteiger partial charge in [0, 0.05) is 49.9 Å². The first-order chi connectivity index (χ1) is 22.4. The fourth-order valence-electron chi connectivity index (χ4n) is 5.75. The quantitative estimate of drug-likeness (QED) is 0.246. The number of rotatable bonds is 8. The molecule has 0 aliphatic carbocycles. The van der Waals surface area contributed by atoms with Crippen molar-refractivity contribution < 1.29 is 19.0 Å². The molecule has 2 N–H and O–H groups in total. The van der Waals surface area contributed by atoms with Gasteiger partial charge in [0.05, 0.1) is 24.2 Å². The molecule has 3 aromatic heterocycles. The molecule has 0 bridgehead atoms. The Morgan fingerprint density at radius 3 is 2.47 bits per heavy atom. The van der Waals surface area contributed by atoms with E-state index in [-0.39, 0.29) is 23.4 Å². The predicted octanol–water partition coefficient (Wildman–Crippen LogP) is 4.51. The van der Waals surface area contributed by atoms with Gasteiger partial charge in [0.1, 0.15) is 28.3 Å². The van der Waals surface area contributed by atoms with Crippen LogP contribution in [-0.4, -0.2) is 69.1 Å². The Morgan fingerprint density at radius 2 is 1.81 bits per heavy atom. The van der Waals surface area contributed by atoms with Crippen LogP contribution in [0.2, 0.25) is 0 Å². The average molecular weight is 661 g/mol. The normalized spacial score (nSPS) is 15.2. The molecule has 1 aliphatic rings. The summed E-state index contributed by atoms with van der Waals surface area (Å²) in [5, 5.41) is 19.3. The van der Waals surface area contributed by atoms with Crippen molar-refractivity contribution in [2.24, 2.45) is 7.05 Å². The zero-order valence-electron chi connectivity index (χ0n) is 26.7. The van der Waals surface area contributed by atoms with Gasteiger partial charge in [-0.3, -0.25) is 18.9 Å². The number of carbonyl (C=O) groups excluding carboxylic acids is 1. The third-order valence-corrected chi connectivity index (χ3v) is 8.90. The number of aliphatic hydroxyl groups is 1. The molecule has 246 valence electrons. The van der Waals surface area contributed by atoms with Crippen molar-refractivity contribution in [1.82, 2.24) is 38.9 Å². The summed E-state index contributed by atoms with van der Waals surface area (Å²) in [5.74, 6) is -0.301. The Bertz CT molecular complexity index is 1940. The summed E-state index contributed by atoms with van der Waals surface area (Å²) in [6.07, 6.45) is 3.27. The number of hydrogen-bond donors (Lipinski definition) is 2. The number of alkyl carbamates (subject to hydrolysis) is 1. The number of amides is 1. The van der Waals surface area contributed by atoms with E-state index in [2.05, 4.69) is 29.7 Å². The summed E-state index contributed by atoms with van der Waals surface area (Å²) in [5.41, 5.74) is 2.32. The lowest BCUT2D eigenvalue weighted by atomic mass is 9.91. The number of ether oxygens (including phenoxy) is 1. The molecule has 6 rings (SSSR count). The maximum Gasteiger partial charge on any atom is 0.407 e. The highest BCUT2D eigenvalue weighted by Crippen LogP contribution is 2.29. The zero-order chi connectivity index (χ0) is 33.3. The molecule has 12 nitrogen and oxygen atoms in total. The minimum atomic E-state index is -1.11. The van der Waals surface area contributed by atoms with Crippen molar-refractivity contribution in [3.8, 4) is 21.8 Å². The Labute approximate surface area is 275 Å². The van der Waals surface area contributed by atoms with Crippen molar-refractivity contribution in [3.05, 3.63) is 82.4 Å². The van der Waals surface area contributed by atoms with E-state index in [1.54, 1.807) is 17.8 Å². The summed E-state index contributed by atoms with van der Waals surface area (Å²) in [6.45, 7) is 7.34. The van der Waals surface area contributed by atoms with E-state index in [0.717, 1.165) is 11.1 Å². The molecule has 1 fully saturated rings. The SMILES string of the molecule is Cn1nc2c(=O)n(CC3(O)CCN(Cc4ccc(-c5ncns5)cc4F)CC3)cnc2c1-c1ccc(CNC(=O)OC(C)(C)C)cc1. The van der Waals surface area contributed by atoms with Gasteiger partial charge in [0.2, 0.25) is 0 Å². The Morgan fingerprint density at radius 1 is 1.09 bits per heavy atom. The van der Waals surface area contributed by atoms with Crippen molar-refractivity contribution in [1.29, 1.82) is 0 Å². The number of fused-ring (bicyclic) bond motifs is 1. The molecule has 2 aromatic carbocycles. The van der Waals surface area contributed by atoms with Crippen LogP contribution < -0.4 is 10.9 Å². The number of nitrogens with one attached hydrogen (secondary N) is 1. The maximum absolute atomic E-state index is 14.9. The molecule has 0 saturated carbocycles. The van der Waals surface area contributed by atoms with Crippen LogP contribution in [0.1, 0.15) is 44.7 Å². The molecule has 5 aromatic rings. The van der Waals surface area contributed by atoms with Crippen LogP contribution in [0, 0.1) is 5.82 Å². The predicted molar refractivity (Wildman–Crippen MR) is 176 cm³/mol. The second-order valence-electron chi connectivity index (χ2n) is 13.0. The average Bonchev–Trinajstić information content (AvgIpc) is 3.68.